The first-order valence-electron chi connectivity index (χ1n) is 9.51. The third-order valence-corrected chi connectivity index (χ3v) is 5.09. The highest BCUT2D eigenvalue weighted by molar-refractivity contribution is 5.77. The fourth-order valence-corrected chi connectivity index (χ4v) is 3.50. The molecular formula is C22H27N5O. The maximum atomic E-state index is 11.2. The quantitative estimate of drug-likeness (QED) is 0.567. The number of aromatic nitrogens is 3. The highest BCUT2D eigenvalue weighted by Crippen LogP contribution is 2.35. The summed E-state index contributed by atoms with van der Waals surface area (Å²) in [5.74, 6) is 1.46. The van der Waals surface area contributed by atoms with E-state index in [1.54, 1.807) is 12.1 Å². The number of carbonyl (C=O) groups is 1. The Kier molecular flexibility index (Phi) is 6.21. The number of piperidine rings is 1. The van der Waals surface area contributed by atoms with Crippen LogP contribution in [-0.2, 0) is 5.54 Å². The van der Waals surface area contributed by atoms with Crippen LogP contribution < -0.4 is 5.32 Å². The zero-order chi connectivity index (χ0) is 20.0. The number of H-pyrrole nitrogens is 1. The van der Waals surface area contributed by atoms with Crippen molar-refractivity contribution in [1.82, 2.24) is 20.1 Å². The summed E-state index contributed by atoms with van der Waals surface area (Å²) in [5, 5.41) is 11.3. The molecule has 0 spiro atoms. The lowest BCUT2D eigenvalue weighted by Gasteiger charge is -2.40. The van der Waals surface area contributed by atoms with Crippen molar-refractivity contribution in [2.24, 2.45) is 0 Å². The second-order valence-electron chi connectivity index (χ2n) is 7.12. The second kappa shape index (κ2) is 8.80. The average molecular weight is 377 g/mol. The Bertz CT molecular complexity index is 888. The van der Waals surface area contributed by atoms with Gasteiger partial charge < -0.3 is 10.2 Å². The van der Waals surface area contributed by atoms with Crippen LogP contribution in [0.2, 0.25) is 0 Å². The van der Waals surface area contributed by atoms with Crippen molar-refractivity contribution in [1.29, 1.82) is 0 Å². The molecule has 2 N–H and O–H groups in total. The van der Waals surface area contributed by atoms with Gasteiger partial charge in [-0.3, -0.25) is 9.89 Å². The van der Waals surface area contributed by atoms with E-state index in [9.17, 15) is 4.79 Å². The van der Waals surface area contributed by atoms with Crippen LogP contribution in [0.3, 0.4) is 0 Å². The number of nitrogens with one attached hydrogen (secondary N) is 2. The Morgan fingerprint density at radius 1 is 1.36 bits per heavy atom. The molecule has 1 saturated heterocycles. The number of hydrogen-bond acceptors (Lipinski definition) is 5. The van der Waals surface area contributed by atoms with E-state index < -0.39 is 0 Å². The standard InChI is InChI=1S/C22H27N5O/c1-4-7-18(8-5-2)20-23-21(26-25-20)22(11-13-27(3)14-12-22)24-19-10-6-9-17(15-19)16-28/h4-10,15-16,24H,1,11-14H2,2-3H3,(H,23,25,26)/b8-5-,18-7+. The molecule has 28 heavy (non-hydrogen) atoms. The van der Waals surface area contributed by atoms with Crippen LogP contribution >= 0.6 is 0 Å². The normalized spacial score (nSPS) is 17.6. The molecule has 2 aromatic rings. The minimum absolute atomic E-state index is 0.367. The van der Waals surface area contributed by atoms with Gasteiger partial charge in [-0.2, -0.15) is 5.10 Å². The number of anilines is 1. The molecule has 0 unspecified atom stereocenters. The number of nitrogens with zero attached hydrogens (tertiary/aromatic N) is 3. The molecule has 0 bridgehead atoms. The van der Waals surface area contributed by atoms with Gasteiger partial charge in [-0.15, -0.1) is 0 Å². The van der Waals surface area contributed by atoms with Gasteiger partial charge in [0.15, 0.2) is 11.6 Å². The van der Waals surface area contributed by atoms with Crippen LogP contribution in [-0.4, -0.2) is 46.5 Å². The third kappa shape index (κ3) is 4.28. The predicted octanol–water partition coefficient (Wildman–Crippen LogP) is 3.80. The summed E-state index contributed by atoms with van der Waals surface area (Å²) in [6.07, 6.45) is 10.2. The van der Waals surface area contributed by atoms with E-state index in [4.69, 9.17) is 4.98 Å². The molecule has 3 rings (SSSR count). The largest absolute Gasteiger partial charge is 0.373 e. The van der Waals surface area contributed by atoms with Crippen molar-refractivity contribution in [2.75, 3.05) is 25.5 Å². The molecule has 1 fully saturated rings. The van der Waals surface area contributed by atoms with Crippen molar-refractivity contribution in [2.45, 2.75) is 25.3 Å². The van der Waals surface area contributed by atoms with Crippen LogP contribution in [0.4, 0.5) is 5.69 Å². The number of aldehydes is 1. The average Bonchev–Trinajstić information content (AvgIpc) is 3.21. The van der Waals surface area contributed by atoms with Crippen molar-refractivity contribution >= 4 is 17.5 Å². The molecule has 1 aromatic carbocycles. The molecule has 6 heteroatoms. The van der Waals surface area contributed by atoms with Gasteiger partial charge in [-0.1, -0.05) is 43.0 Å². The second-order valence-corrected chi connectivity index (χ2v) is 7.12. The van der Waals surface area contributed by atoms with Crippen molar-refractivity contribution in [3.8, 4) is 0 Å². The molecule has 146 valence electrons. The van der Waals surface area contributed by atoms with E-state index in [1.165, 1.54) is 0 Å². The minimum atomic E-state index is -0.367. The fourth-order valence-electron chi connectivity index (χ4n) is 3.50. The first kappa shape index (κ1) is 19.8. The number of likely N-dealkylation sites (tertiary alicyclic amines) is 1. The summed E-state index contributed by atoms with van der Waals surface area (Å²) in [6.45, 7) is 7.63. The van der Waals surface area contributed by atoms with Crippen molar-refractivity contribution < 1.29 is 4.79 Å². The van der Waals surface area contributed by atoms with E-state index in [2.05, 4.69) is 34.0 Å². The number of rotatable bonds is 7. The molecule has 1 aromatic heterocycles. The minimum Gasteiger partial charge on any atom is -0.373 e. The Morgan fingerprint density at radius 2 is 2.14 bits per heavy atom. The summed E-state index contributed by atoms with van der Waals surface area (Å²) < 4.78 is 0. The summed E-state index contributed by atoms with van der Waals surface area (Å²) in [5.41, 5.74) is 2.10. The van der Waals surface area contributed by atoms with Crippen LogP contribution in [0.15, 0.2) is 55.1 Å². The summed E-state index contributed by atoms with van der Waals surface area (Å²) in [7, 11) is 2.12. The fraction of sp³-hybridized carbons (Fsp3) is 0.318. The Balaban J connectivity index is 1.97. The number of hydrogen-bond donors (Lipinski definition) is 2. The van der Waals surface area contributed by atoms with E-state index in [-0.39, 0.29) is 5.54 Å². The Hall–Kier alpha value is -2.99. The van der Waals surface area contributed by atoms with Gasteiger partial charge in [0.2, 0.25) is 0 Å². The van der Waals surface area contributed by atoms with Gasteiger partial charge in [-0.05, 0) is 38.9 Å². The van der Waals surface area contributed by atoms with Crippen molar-refractivity contribution in [3.05, 3.63) is 72.4 Å². The predicted molar refractivity (Wildman–Crippen MR) is 113 cm³/mol. The lowest BCUT2D eigenvalue weighted by Crippen LogP contribution is -2.46. The van der Waals surface area contributed by atoms with Crippen molar-refractivity contribution in [3.63, 3.8) is 0 Å². The van der Waals surface area contributed by atoms with Gasteiger partial charge in [0.1, 0.15) is 6.29 Å². The molecule has 1 aliphatic heterocycles. The van der Waals surface area contributed by atoms with E-state index >= 15 is 0 Å². The SMILES string of the molecule is C=C/C=C(\C=C/C)c1n[nH]c(C2(Nc3cccc(C=O)c3)CCN(C)CC2)n1. The molecule has 2 heterocycles. The van der Waals surface area contributed by atoms with Crippen LogP contribution in [0, 0.1) is 0 Å². The van der Waals surface area contributed by atoms with Gasteiger partial charge in [0.05, 0.1) is 5.54 Å². The maximum Gasteiger partial charge on any atom is 0.181 e. The molecule has 0 atom stereocenters. The van der Waals surface area contributed by atoms with Gasteiger partial charge >= 0.3 is 0 Å². The molecule has 0 amide bonds. The number of allylic oxidation sites excluding steroid dienone is 5. The highest BCUT2D eigenvalue weighted by Gasteiger charge is 2.38. The maximum absolute atomic E-state index is 11.2. The zero-order valence-electron chi connectivity index (χ0n) is 16.5. The zero-order valence-corrected chi connectivity index (χ0v) is 16.5. The summed E-state index contributed by atoms with van der Waals surface area (Å²) in [6, 6.07) is 7.54. The highest BCUT2D eigenvalue weighted by atomic mass is 16.1. The lowest BCUT2D eigenvalue weighted by molar-refractivity contribution is 0.112. The molecular weight excluding hydrogens is 350 g/mol. The van der Waals surface area contributed by atoms with Crippen LogP contribution in [0.25, 0.3) is 5.57 Å². The van der Waals surface area contributed by atoms with E-state index in [0.29, 0.717) is 11.4 Å². The monoisotopic (exact) mass is 377 g/mol. The molecule has 0 saturated carbocycles. The third-order valence-electron chi connectivity index (χ3n) is 5.09. The summed E-state index contributed by atoms with van der Waals surface area (Å²) in [4.78, 5) is 18.3. The number of aromatic amines is 1. The Labute approximate surface area is 166 Å². The van der Waals surface area contributed by atoms with Crippen LogP contribution in [0.1, 0.15) is 41.8 Å². The molecule has 1 aliphatic rings. The smallest absolute Gasteiger partial charge is 0.181 e. The molecule has 0 aliphatic carbocycles. The Morgan fingerprint density at radius 3 is 2.82 bits per heavy atom. The first-order chi connectivity index (χ1) is 13.6. The van der Waals surface area contributed by atoms with Gasteiger partial charge in [0.25, 0.3) is 0 Å². The molecule has 6 nitrogen and oxygen atoms in total. The molecule has 0 radical (unpaired) electrons. The van der Waals surface area contributed by atoms with E-state index in [0.717, 1.165) is 49.3 Å². The van der Waals surface area contributed by atoms with E-state index in [1.807, 2.05) is 43.4 Å². The number of carbonyl (C=O) groups excluding carboxylic acids is 1. The number of benzene rings is 1. The topological polar surface area (TPSA) is 73.9 Å². The van der Waals surface area contributed by atoms with Gasteiger partial charge in [0, 0.05) is 29.9 Å². The van der Waals surface area contributed by atoms with Crippen LogP contribution in [0.5, 0.6) is 0 Å². The summed E-state index contributed by atoms with van der Waals surface area (Å²) >= 11 is 0. The first-order valence-corrected chi connectivity index (χ1v) is 9.51. The lowest BCUT2D eigenvalue weighted by atomic mass is 9.86. The van der Waals surface area contributed by atoms with Gasteiger partial charge in [-0.25, -0.2) is 4.98 Å².